The minimum Gasteiger partial charge on any atom is -0.505 e. The third-order valence-corrected chi connectivity index (χ3v) is 2.92. The van der Waals surface area contributed by atoms with E-state index in [-0.39, 0.29) is 33.9 Å². The summed E-state index contributed by atoms with van der Waals surface area (Å²) in [6.45, 7) is 8.71. The van der Waals surface area contributed by atoms with Crippen LogP contribution in [0, 0.1) is 17.2 Å². The van der Waals surface area contributed by atoms with Crippen LogP contribution in [0.15, 0.2) is 21.7 Å². The van der Waals surface area contributed by atoms with Crippen molar-refractivity contribution in [3.8, 4) is 11.8 Å². The van der Waals surface area contributed by atoms with E-state index in [9.17, 15) is 19.5 Å². The van der Waals surface area contributed by atoms with Gasteiger partial charge < -0.3 is 20.6 Å². The van der Waals surface area contributed by atoms with Crippen LogP contribution in [0.5, 0.6) is 5.75 Å². The van der Waals surface area contributed by atoms with Gasteiger partial charge in [0.05, 0.1) is 22.9 Å². The Hall–Kier alpha value is -3.18. The third kappa shape index (κ3) is 8.15. The molecule has 0 fully saturated rings. The first kappa shape index (κ1) is 25.8. The fourth-order valence-electron chi connectivity index (χ4n) is 1.90. The van der Waals surface area contributed by atoms with Crippen LogP contribution < -0.4 is 21.5 Å². The van der Waals surface area contributed by atoms with Crippen LogP contribution in [0.2, 0.25) is 0 Å². The van der Waals surface area contributed by atoms with E-state index in [1.807, 2.05) is 32.1 Å². The fourth-order valence-corrected chi connectivity index (χ4v) is 1.90. The monoisotopic (exact) mass is 402 g/mol. The second kappa shape index (κ2) is 12.3. The van der Waals surface area contributed by atoms with Gasteiger partial charge in [0.15, 0.2) is 6.29 Å². The van der Waals surface area contributed by atoms with Crippen LogP contribution in [-0.4, -0.2) is 44.0 Å². The van der Waals surface area contributed by atoms with Gasteiger partial charge in [0.1, 0.15) is 17.1 Å². The Bertz CT molecular complexity index is 909. The van der Waals surface area contributed by atoms with Crippen molar-refractivity contribution in [2.45, 2.75) is 27.7 Å². The molecule has 8 heteroatoms. The molecule has 0 saturated carbocycles. The SMILES string of the molecule is CC(C)C.CCNc1c(Nc2cc(C#N)cc(C=O)c2O)c(=O)c1=O.CN(C)C. The smallest absolute Gasteiger partial charge is 0.253 e. The zero-order valence-electron chi connectivity index (χ0n) is 18.1. The Labute approximate surface area is 171 Å². The Morgan fingerprint density at radius 2 is 1.62 bits per heavy atom. The average Bonchev–Trinajstić information content (AvgIpc) is 2.64. The number of rotatable bonds is 5. The predicted octanol–water partition coefficient (Wildman–Crippen LogP) is 2.69. The lowest BCUT2D eigenvalue weighted by molar-refractivity contribution is 0.112. The van der Waals surface area contributed by atoms with Gasteiger partial charge in [-0.25, -0.2) is 0 Å². The molecule has 0 amide bonds. The Balaban J connectivity index is 0.000000837. The quantitative estimate of drug-likeness (QED) is 0.396. The molecule has 2 aromatic carbocycles. The second-order valence-corrected chi connectivity index (χ2v) is 7.33. The van der Waals surface area contributed by atoms with E-state index >= 15 is 0 Å². The minimum absolute atomic E-state index is 0.00379. The molecule has 0 bridgehead atoms. The summed E-state index contributed by atoms with van der Waals surface area (Å²) in [5.41, 5.74) is -1.17. The van der Waals surface area contributed by atoms with Crippen molar-refractivity contribution in [3.63, 3.8) is 0 Å². The Kier molecular flexibility index (Phi) is 11.0. The van der Waals surface area contributed by atoms with Gasteiger partial charge in [0.25, 0.3) is 10.9 Å². The zero-order chi connectivity index (χ0) is 22.7. The summed E-state index contributed by atoms with van der Waals surface area (Å²) in [5, 5.41) is 24.1. The first-order valence-electron chi connectivity index (χ1n) is 9.17. The molecule has 8 nitrogen and oxygen atoms in total. The number of aldehydes is 1. The molecule has 0 aliphatic carbocycles. The van der Waals surface area contributed by atoms with Crippen LogP contribution in [0.1, 0.15) is 43.6 Å². The molecule has 0 atom stereocenters. The zero-order valence-corrected chi connectivity index (χ0v) is 18.1. The average molecular weight is 402 g/mol. The summed E-state index contributed by atoms with van der Waals surface area (Å²) >= 11 is 0. The molecule has 0 radical (unpaired) electrons. The van der Waals surface area contributed by atoms with Gasteiger partial charge in [0, 0.05) is 6.54 Å². The maximum Gasteiger partial charge on any atom is 0.253 e. The van der Waals surface area contributed by atoms with Gasteiger partial charge in [-0.2, -0.15) is 5.26 Å². The van der Waals surface area contributed by atoms with Crippen LogP contribution in [-0.2, 0) is 0 Å². The van der Waals surface area contributed by atoms with Crippen LogP contribution in [0.3, 0.4) is 0 Å². The maximum atomic E-state index is 11.5. The molecule has 3 N–H and O–H groups in total. The van der Waals surface area contributed by atoms with E-state index in [0.717, 1.165) is 5.92 Å². The third-order valence-electron chi connectivity index (χ3n) is 2.92. The van der Waals surface area contributed by atoms with E-state index in [1.54, 1.807) is 6.92 Å². The Morgan fingerprint density at radius 3 is 2.03 bits per heavy atom. The van der Waals surface area contributed by atoms with Crippen LogP contribution in [0.25, 0.3) is 0 Å². The molecular formula is C21H30N4O4. The number of nitrogens with zero attached hydrogens (tertiary/aromatic N) is 2. The first-order valence-corrected chi connectivity index (χ1v) is 9.17. The number of nitriles is 1. The van der Waals surface area contributed by atoms with Crippen molar-refractivity contribution < 1.29 is 9.90 Å². The van der Waals surface area contributed by atoms with E-state index in [4.69, 9.17) is 5.26 Å². The molecule has 0 aliphatic heterocycles. The molecule has 158 valence electrons. The highest BCUT2D eigenvalue weighted by Crippen LogP contribution is 2.32. The van der Waals surface area contributed by atoms with Gasteiger partial charge in [-0.15, -0.1) is 0 Å². The van der Waals surface area contributed by atoms with Crippen molar-refractivity contribution in [2.75, 3.05) is 38.3 Å². The molecule has 0 aliphatic rings. The molecule has 0 saturated heterocycles. The molecule has 0 unspecified atom stereocenters. The number of aromatic hydroxyl groups is 1. The maximum absolute atomic E-state index is 11.5. The van der Waals surface area contributed by atoms with E-state index in [2.05, 4.69) is 31.4 Å². The van der Waals surface area contributed by atoms with Crippen LogP contribution >= 0.6 is 0 Å². The fraction of sp³-hybridized carbons (Fsp3) is 0.429. The van der Waals surface area contributed by atoms with E-state index in [0.29, 0.717) is 12.8 Å². The van der Waals surface area contributed by atoms with Gasteiger partial charge in [-0.05, 0) is 46.1 Å². The van der Waals surface area contributed by atoms with Crippen molar-refractivity contribution in [1.29, 1.82) is 5.26 Å². The highest BCUT2D eigenvalue weighted by molar-refractivity contribution is 5.88. The number of carbonyl (C=O) groups is 1. The minimum atomic E-state index is -0.722. The number of nitrogens with one attached hydrogen (secondary N) is 2. The molecule has 0 aromatic heterocycles. The van der Waals surface area contributed by atoms with Crippen LogP contribution in [0.4, 0.5) is 17.1 Å². The number of phenolic OH excluding ortho intramolecular Hbond substituents is 1. The number of carbonyl (C=O) groups excluding carboxylic acids is 1. The van der Waals surface area contributed by atoms with Gasteiger partial charge >= 0.3 is 0 Å². The molecule has 0 spiro atoms. The second-order valence-electron chi connectivity index (χ2n) is 7.33. The van der Waals surface area contributed by atoms with E-state index < -0.39 is 10.9 Å². The molecule has 0 heterocycles. The lowest BCUT2D eigenvalue weighted by atomic mass is 10.1. The summed E-state index contributed by atoms with van der Waals surface area (Å²) in [5.74, 6) is 0.444. The van der Waals surface area contributed by atoms with Crippen molar-refractivity contribution >= 4 is 23.3 Å². The lowest BCUT2D eigenvalue weighted by Gasteiger charge is -2.15. The predicted molar refractivity (Wildman–Crippen MR) is 117 cm³/mol. The highest BCUT2D eigenvalue weighted by atomic mass is 16.3. The first-order chi connectivity index (χ1) is 13.5. The van der Waals surface area contributed by atoms with Gasteiger partial charge in [0.2, 0.25) is 0 Å². The Morgan fingerprint density at radius 1 is 1.14 bits per heavy atom. The lowest BCUT2D eigenvalue weighted by Crippen LogP contribution is -2.36. The van der Waals surface area contributed by atoms with Gasteiger partial charge in [-0.1, -0.05) is 20.8 Å². The summed E-state index contributed by atoms with van der Waals surface area (Å²) in [7, 11) is 6.00. The topological polar surface area (TPSA) is 123 Å². The summed E-state index contributed by atoms with van der Waals surface area (Å²) < 4.78 is 0. The molecule has 29 heavy (non-hydrogen) atoms. The van der Waals surface area contributed by atoms with Gasteiger partial charge in [-0.3, -0.25) is 14.4 Å². The molecular weight excluding hydrogens is 372 g/mol. The summed E-state index contributed by atoms with van der Waals surface area (Å²) in [6, 6.07) is 4.35. The molecule has 2 aromatic rings. The highest BCUT2D eigenvalue weighted by Gasteiger charge is 2.22. The summed E-state index contributed by atoms with van der Waals surface area (Å²) in [6.07, 6.45) is 0.398. The largest absolute Gasteiger partial charge is 0.505 e. The number of anilines is 3. The van der Waals surface area contributed by atoms with Crippen molar-refractivity contribution in [2.24, 2.45) is 5.92 Å². The number of phenols is 1. The normalized spacial score (nSPS) is 9.79. The van der Waals surface area contributed by atoms with Crippen molar-refractivity contribution in [1.82, 2.24) is 4.90 Å². The molecule has 2 rings (SSSR count). The number of benzene rings is 1. The van der Waals surface area contributed by atoms with Crippen molar-refractivity contribution in [3.05, 3.63) is 43.7 Å². The standard InChI is InChI=1S/C14H11N3O4.C4H10.C3H9N/c1-2-16-10-11(14(21)13(10)20)17-9-4-7(5-15)3-8(6-18)12(9)19;2*1-4(2)3/h3-4,6,16-17,19H,2H2,1H3;4H,1-3H3;1-3H3. The number of hydrogen-bond acceptors (Lipinski definition) is 8. The summed E-state index contributed by atoms with van der Waals surface area (Å²) in [4.78, 5) is 35.8. The van der Waals surface area contributed by atoms with E-state index in [1.165, 1.54) is 12.1 Å². The number of hydrogen-bond donors (Lipinski definition) is 3.